The van der Waals surface area contributed by atoms with E-state index in [1.807, 2.05) is 18.2 Å². The highest BCUT2D eigenvalue weighted by Crippen LogP contribution is 2.22. The molecule has 1 aromatic rings. The zero-order valence-electron chi connectivity index (χ0n) is 10.6. The maximum atomic E-state index is 6.19. The maximum Gasteiger partial charge on any atom is 0.493 e. The van der Waals surface area contributed by atoms with Crippen molar-refractivity contribution in [3.63, 3.8) is 0 Å². The summed E-state index contributed by atoms with van der Waals surface area (Å²) in [5.41, 5.74) is 2.26. The summed E-state index contributed by atoms with van der Waals surface area (Å²) in [5.74, 6) is 0. The van der Waals surface area contributed by atoms with Crippen molar-refractivity contribution >= 4 is 24.2 Å². The van der Waals surface area contributed by atoms with Crippen molar-refractivity contribution in [1.29, 1.82) is 0 Å². The van der Waals surface area contributed by atoms with Gasteiger partial charge in [-0.2, -0.15) is 0 Å². The van der Waals surface area contributed by atoms with E-state index < -0.39 is 0 Å². The Labute approximate surface area is 108 Å². The average Bonchev–Trinajstić information content (AvgIpc) is 2.29. The standard InChI is InChI=1S/C13H18BClO2/c1-4-10-5-6-11(7-12(10)15)14-16-8-13(2,3)9-17-14/h5-7H,4,8-9H2,1-3H3. The molecule has 0 saturated carbocycles. The van der Waals surface area contributed by atoms with Gasteiger partial charge in [0, 0.05) is 23.7 Å². The summed E-state index contributed by atoms with van der Waals surface area (Å²) in [6.07, 6.45) is 0.943. The molecule has 92 valence electrons. The predicted octanol–water partition coefficient (Wildman–Crippen LogP) is 2.67. The van der Waals surface area contributed by atoms with Gasteiger partial charge in [0.2, 0.25) is 0 Å². The summed E-state index contributed by atoms with van der Waals surface area (Å²) in [4.78, 5) is 0. The molecule has 1 fully saturated rings. The number of hydrogen-bond donors (Lipinski definition) is 0. The van der Waals surface area contributed by atoms with E-state index in [1.54, 1.807) is 0 Å². The first kappa shape index (κ1) is 12.9. The lowest BCUT2D eigenvalue weighted by molar-refractivity contribution is 0.0343. The molecule has 0 radical (unpaired) electrons. The average molecular weight is 253 g/mol. The molecule has 0 amide bonds. The Morgan fingerprint density at radius 1 is 1.29 bits per heavy atom. The highest BCUT2D eigenvalue weighted by Gasteiger charge is 2.33. The van der Waals surface area contributed by atoms with Crippen molar-refractivity contribution in [2.45, 2.75) is 27.2 Å². The molecular formula is C13H18BClO2. The zero-order chi connectivity index (χ0) is 12.5. The van der Waals surface area contributed by atoms with E-state index in [-0.39, 0.29) is 12.5 Å². The normalized spacial score (nSPS) is 19.4. The first-order valence-electron chi connectivity index (χ1n) is 6.03. The molecule has 0 spiro atoms. The van der Waals surface area contributed by atoms with Crippen LogP contribution >= 0.6 is 11.6 Å². The van der Waals surface area contributed by atoms with Crippen LogP contribution in [0.5, 0.6) is 0 Å². The number of rotatable bonds is 2. The molecule has 0 unspecified atom stereocenters. The van der Waals surface area contributed by atoms with Gasteiger partial charge in [-0.3, -0.25) is 0 Å². The van der Waals surface area contributed by atoms with E-state index in [9.17, 15) is 0 Å². The number of hydrogen-bond acceptors (Lipinski definition) is 2. The van der Waals surface area contributed by atoms with Crippen molar-refractivity contribution in [2.24, 2.45) is 5.41 Å². The molecule has 1 aliphatic heterocycles. The molecule has 1 saturated heterocycles. The van der Waals surface area contributed by atoms with Gasteiger partial charge >= 0.3 is 7.12 Å². The molecule has 0 atom stereocenters. The predicted molar refractivity (Wildman–Crippen MR) is 71.9 cm³/mol. The number of aryl methyl sites for hydroxylation is 1. The third-order valence-electron chi connectivity index (χ3n) is 2.98. The molecule has 0 bridgehead atoms. The van der Waals surface area contributed by atoms with Gasteiger partial charge in [-0.05, 0) is 23.5 Å². The molecule has 2 nitrogen and oxygen atoms in total. The smallest absolute Gasteiger partial charge is 0.407 e. The first-order chi connectivity index (χ1) is 8.02. The summed E-state index contributed by atoms with van der Waals surface area (Å²) in [7, 11) is -0.272. The zero-order valence-corrected chi connectivity index (χ0v) is 11.4. The number of halogens is 1. The summed E-state index contributed by atoms with van der Waals surface area (Å²) in [6, 6.07) is 6.03. The van der Waals surface area contributed by atoms with E-state index in [1.165, 1.54) is 0 Å². The van der Waals surface area contributed by atoms with Crippen LogP contribution in [0.15, 0.2) is 18.2 Å². The lowest BCUT2D eigenvalue weighted by Gasteiger charge is -2.33. The Hall–Kier alpha value is -0.505. The lowest BCUT2D eigenvalue weighted by atomic mass is 9.75. The van der Waals surface area contributed by atoms with E-state index >= 15 is 0 Å². The largest absolute Gasteiger partial charge is 0.493 e. The summed E-state index contributed by atoms with van der Waals surface area (Å²) in [5, 5.41) is 0.794. The second-order valence-corrected chi connectivity index (χ2v) is 5.73. The van der Waals surface area contributed by atoms with Crippen molar-refractivity contribution in [3.8, 4) is 0 Å². The summed E-state index contributed by atoms with van der Waals surface area (Å²) < 4.78 is 11.5. The molecule has 0 aliphatic carbocycles. The minimum absolute atomic E-state index is 0.101. The fourth-order valence-electron chi connectivity index (χ4n) is 1.88. The van der Waals surface area contributed by atoms with Gasteiger partial charge in [0.25, 0.3) is 0 Å². The molecule has 1 aliphatic rings. The second kappa shape index (κ2) is 5.01. The molecular weight excluding hydrogens is 234 g/mol. The van der Waals surface area contributed by atoms with Crippen LogP contribution in [-0.2, 0) is 15.7 Å². The summed E-state index contributed by atoms with van der Waals surface area (Å²) in [6.45, 7) is 7.79. The van der Waals surface area contributed by atoms with Gasteiger partial charge < -0.3 is 9.31 Å². The van der Waals surface area contributed by atoms with Crippen molar-refractivity contribution in [3.05, 3.63) is 28.8 Å². The van der Waals surface area contributed by atoms with E-state index in [4.69, 9.17) is 20.9 Å². The second-order valence-electron chi connectivity index (χ2n) is 5.32. The highest BCUT2D eigenvalue weighted by molar-refractivity contribution is 6.61. The number of benzene rings is 1. The molecule has 0 aromatic heterocycles. The molecule has 0 N–H and O–H groups in total. The van der Waals surface area contributed by atoms with Crippen LogP contribution in [0.25, 0.3) is 0 Å². The Kier molecular flexibility index (Phi) is 3.81. The van der Waals surface area contributed by atoms with E-state index in [0.717, 1.165) is 22.5 Å². The molecule has 2 rings (SSSR count). The first-order valence-corrected chi connectivity index (χ1v) is 6.41. The van der Waals surface area contributed by atoms with Gasteiger partial charge in [0.05, 0.1) is 0 Å². The highest BCUT2D eigenvalue weighted by atomic mass is 35.5. The van der Waals surface area contributed by atoms with Crippen LogP contribution in [0, 0.1) is 5.41 Å². The van der Waals surface area contributed by atoms with Crippen LogP contribution in [-0.4, -0.2) is 20.3 Å². The van der Waals surface area contributed by atoms with E-state index in [0.29, 0.717) is 13.2 Å². The minimum Gasteiger partial charge on any atom is -0.407 e. The van der Waals surface area contributed by atoms with Crippen LogP contribution in [0.1, 0.15) is 26.3 Å². The van der Waals surface area contributed by atoms with E-state index in [2.05, 4.69) is 20.8 Å². The van der Waals surface area contributed by atoms with Crippen molar-refractivity contribution in [2.75, 3.05) is 13.2 Å². The van der Waals surface area contributed by atoms with Crippen LogP contribution in [0.4, 0.5) is 0 Å². The molecule has 1 aromatic carbocycles. The third kappa shape index (κ3) is 3.03. The monoisotopic (exact) mass is 252 g/mol. The van der Waals surface area contributed by atoms with Crippen LogP contribution < -0.4 is 5.46 Å². The van der Waals surface area contributed by atoms with Gasteiger partial charge in [-0.25, -0.2) is 0 Å². The van der Waals surface area contributed by atoms with Crippen LogP contribution in [0.2, 0.25) is 5.02 Å². The Bertz CT molecular complexity index is 396. The van der Waals surface area contributed by atoms with Crippen LogP contribution in [0.3, 0.4) is 0 Å². The lowest BCUT2D eigenvalue weighted by Crippen LogP contribution is -2.47. The summed E-state index contributed by atoms with van der Waals surface area (Å²) >= 11 is 6.19. The van der Waals surface area contributed by atoms with Gasteiger partial charge in [-0.15, -0.1) is 0 Å². The Morgan fingerprint density at radius 2 is 1.94 bits per heavy atom. The fraction of sp³-hybridized carbons (Fsp3) is 0.538. The Morgan fingerprint density at radius 3 is 2.47 bits per heavy atom. The van der Waals surface area contributed by atoms with Crippen molar-refractivity contribution in [1.82, 2.24) is 0 Å². The van der Waals surface area contributed by atoms with Gasteiger partial charge in [0.15, 0.2) is 0 Å². The van der Waals surface area contributed by atoms with Gasteiger partial charge in [-0.1, -0.05) is 44.5 Å². The Balaban J connectivity index is 2.11. The van der Waals surface area contributed by atoms with Crippen molar-refractivity contribution < 1.29 is 9.31 Å². The molecule has 4 heteroatoms. The third-order valence-corrected chi connectivity index (χ3v) is 3.33. The maximum absolute atomic E-state index is 6.19. The topological polar surface area (TPSA) is 18.5 Å². The SMILES string of the molecule is CCc1ccc(B2OCC(C)(C)CO2)cc1Cl. The molecule has 1 heterocycles. The minimum atomic E-state index is -0.272. The quantitative estimate of drug-likeness (QED) is 0.754. The fourth-order valence-corrected chi connectivity index (χ4v) is 2.20. The molecule has 17 heavy (non-hydrogen) atoms. The van der Waals surface area contributed by atoms with Gasteiger partial charge in [0.1, 0.15) is 0 Å².